The second-order valence-corrected chi connectivity index (χ2v) is 1.53. The molecule has 0 rings (SSSR count). The van der Waals surface area contributed by atoms with Crippen LogP contribution < -0.4 is 5.73 Å². The molecule has 0 saturated carbocycles. The van der Waals surface area contributed by atoms with E-state index >= 15 is 0 Å². The lowest BCUT2D eigenvalue weighted by Crippen LogP contribution is -2.16. The van der Waals surface area contributed by atoms with Crippen LogP contribution in [0.3, 0.4) is 0 Å². The largest absolute Gasteiger partial charge is 0.481 e. The third-order valence-electron chi connectivity index (χ3n) is 0.472. The summed E-state index contributed by atoms with van der Waals surface area (Å²) in [7, 11) is 0. The predicted octanol–water partition coefficient (Wildman–Crippen LogP) is -0.401. The maximum Gasteiger partial charge on any atom is 0.319 e. The highest BCUT2D eigenvalue weighted by molar-refractivity contribution is 5.71. The molecule has 3 N–H and O–H groups in total. The standard InChI is InChI=1S/C4H9NO2.C2H4O2/c1-2-7-4(6)3-5;1-2(3)4/h2-3,5H2,1H3;1H3,(H,3,4). The van der Waals surface area contributed by atoms with E-state index in [0.29, 0.717) is 6.61 Å². The van der Waals surface area contributed by atoms with Gasteiger partial charge < -0.3 is 15.6 Å². The van der Waals surface area contributed by atoms with Crippen molar-refractivity contribution in [3.05, 3.63) is 0 Å². The molecule has 0 radical (unpaired) electrons. The third-order valence-corrected chi connectivity index (χ3v) is 0.472. The molecule has 0 saturated heterocycles. The molecule has 5 nitrogen and oxygen atoms in total. The second kappa shape index (κ2) is 8.90. The lowest BCUT2D eigenvalue weighted by molar-refractivity contribution is -0.141. The lowest BCUT2D eigenvalue weighted by atomic mass is 10.7. The van der Waals surface area contributed by atoms with Crippen LogP contribution in [0.5, 0.6) is 0 Å². The predicted molar refractivity (Wildman–Crippen MR) is 39.0 cm³/mol. The zero-order chi connectivity index (χ0) is 9.28. The monoisotopic (exact) mass is 163 g/mol. The fraction of sp³-hybridized carbons (Fsp3) is 0.667. The summed E-state index contributed by atoms with van der Waals surface area (Å²) < 4.78 is 4.43. The van der Waals surface area contributed by atoms with Gasteiger partial charge in [0.05, 0.1) is 13.2 Å². The Morgan fingerprint density at radius 2 is 1.91 bits per heavy atom. The number of carboxylic acids is 1. The van der Waals surface area contributed by atoms with Gasteiger partial charge in [-0.25, -0.2) is 0 Å². The maximum atomic E-state index is 10.1. The van der Waals surface area contributed by atoms with Crippen LogP contribution in [0.25, 0.3) is 0 Å². The van der Waals surface area contributed by atoms with Crippen LogP contribution in [0.4, 0.5) is 0 Å². The first kappa shape index (κ1) is 12.6. The molecule has 0 aliphatic heterocycles. The van der Waals surface area contributed by atoms with Gasteiger partial charge >= 0.3 is 5.97 Å². The van der Waals surface area contributed by atoms with E-state index in [-0.39, 0.29) is 12.5 Å². The topological polar surface area (TPSA) is 89.6 Å². The van der Waals surface area contributed by atoms with E-state index in [4.69, 9.17) is 15.6 Å². The highest BCUT2D eigenvalue weighted by Crippen LogP contribution is 1.69. The molecule has 0 unspecified atom stereocenters. The minimum atomic E-state index is -0.833. The Hall–Kier alpha value is -1.10. The summed E-state index contributed by atoms with van der Waals surface area (Å²) >= 11 is 0. The number of carbonyl (C=O) groups is 2. The number of hydrogen-bond acceptors (Lipinski definition) is 4. The molecule has 0 aliphatic rings. The lowest BCUT2D eigenvalue weighted by Gasteiger charge is -1.93. The number of esters is 1. The van der Waals surface area contributed by atoms with Crippen LogP contribution in [0.15, 0.2) is 0 Å². The summed E-state index contributed by atoms with van der Waals surface area (Å²) in [6, 6.07) is 0. The molecule has 0 atom stereocenters. The van der Waals surface area contributed by atoms with Gasteiger partial charge in [0.1, 0.15) is 0 Å². The first-order valence-electron chi connectivity index (χ1n) is 3.09. The average molecular weight is 163 g/mol. The molecule has 0 amide bonds. The number of hydrogen-bond donors (Lipinski definition) is 2. The van der Waals surface area contributed by atoms with Crippen molar-refractivity contribution in [3.8, 4) is 0 Å². The number of carbonyl (C=O) groups excluding carboxylic acids is 1. The van der Waals surface area contributed by atoms with Crippen molar-refractivity contribution in [1.29, 1.82) is 0 Å². The number of rotatable bonds is 2. The number of carboxylic acid groups (broad SMARTS) is 1. The maximum absolute atomic E-state index is 10.1. The van der Waals surface area contributed by atoms with Crippen molar-refractivity contribution < 1.29 is 19.4 Å². The van der Waals surface area contributed by atoms with Crippen LogP contribution in [0.2, 0.25) is 0 Å². The summed E-state index contributed by atoms with van der Waals surface area (Å²) in [5.74, 6) is -1.18. The van der Waals surface area contributed by atoms with Crippen LogP contribution in [0.1, 0.15) is 13.8 Å². The van der Waals surface area contributed by atoms with Gasteiger partial charge in [0.15, 0.2) is 0 Å². The molecule has 0 aliphatic carbocycles. The van der Waals surface area contributed by atoms with Gasteiger partial charge in [0.25, 0.3) is 5.97 Å². The van der Waals surface area contributed by atoms with Crippen molar-refractivity contribution >= 4 is 11.9 Å². The Morgan fingerprint density at radius 3 is 2.00 bits per heavy atom. The molecule has 0 aromatic heterocycles. The zero-order valence-electron chi connectivity index (χ0n) is 6.66. The first-order valence-corrected chi connectivity index (χ1v) is 3.09. The molecular formula is C6H13NO4. The van der Waals surface area contributed by atoms with Crippen LogP contribution in [0, 0.1) is 0 Å². The van der Waals surface area contributed by atoms with Gasteiger partial charge in [0, 0.05) is 6.92 Å². The quantitative estimate of drug-likeness (QED) is 0.540. The molecule has 5 heteroatoms. The fourth-order valence-electron chi connectivity index (χ4n) is 0.220. The first-order chi connectivity index (χ1) is 5.04. The number of ether oxygens (including phenoxy) is 1. The smallest absolute Gasteiger partial charge is 0.319 e. The summed E-state index contributed by atoms with van der Waals surface area (Å²) in [5.41, 5.74) is 4.88. The van der Waals surface area contributed by atoms with Crippen LogP contribution >= 0.6 is 0 Å². The molecule has 0 spiro atoms. The minimum absolute atomic E-state index is 0.0200. The summed E-state index contributed by atoms with van der Waals surface area (Å²) in [6.07, 6.45) is 0. The van der Waals surface area contributed by atoms with E-state index in [9.17, 15) is 4.79 Å². The van der Waals surface area contributed by atoms with E-state index in [0.717, 1.165) is 6.92 Å². The van der Waals surface area contributed by atoms with Crippen molar-refractivity contribution in [2.45, 2.75) is 13.8 Å². The average Bonchev–Trinajstić information content (AvgIpc) is 1.87. The van der Waals surface area contributed by atoms with Crippen molar-refractivity contribution in [2.24, 2.45) is 5.73 Å². The summed E-state index contributed by atoms with van der Waals surface area (Å²) in [6.45, 7) is 3.22. The van der Waals surface area contributed by atoms with E-state index in [2.05, 4.69) is 4.74 Å². The summed E-state index contributed by atoms with van der Waals surface area (Å²) in [4.78, 5) is 19.1. The van der Waals surface area contributed by atoms with Gasteiger partial charge in [-0.3, -0.25) is 9.59 Å². The SMILES string of the molecule is CC(=O)O.CCOC(=O)CN. The fourth-order valence-corrected chi connectivity index (χ4v) is 0.220. The van der Waals surface area contributed by atoms with Crippen LogP contribution in [-0.2, 0) is 14.3 Å². The van der Waals surface area contributed by atoms with Crippen molar-refractivity contribution in [3.63, 3.8) is 0 Å². The van der Waals surface area contributed by atoms with E-state index in [1.165, 1.54) is 0 Å². The Kier molecular flexibility index (Phi) is 10.2. The molecule has 0 aromatic rings. The van der Waals surface area contributed by atoms with E-state index < -0.39 is 5.97 Å². The summed E-state index contributed by atoms with van der Waals surface area (Å²) in [5, 5.41) is 7.42. The molecule has 0 aromatic carbocycles. The molecule has 0 fully saturated rings. The molecule has 66 valence electrons. The highest BCUT2D eigenvalue weighted by atomic mass is 16.5. The Bertz CT molecular complexity index is 120. The molecule has 0 heterocycles. The van der Waals surface area contributed by atoms with Gasteiger partial charge in [-0.2, -0.15) is 0 Å². The molecule has 11 heavy (non-hydrogen) atoms. The number of aliphatic carboxylic acids is 1. The van der Waals surface area contributed by atoms with Gasteiger partial charge in [0.2, 0.25) is 0 Å². The van der Waals surface area contributed by atoms with E-state index in [1.54, 1.807) is 6.92 Å². The molecule has 0 bridgehead atoms. The van der Waals surface area contributed by atoms with Crippen LogP contribution in [-0.4, -0.2) is 30.2 Å². The Balaban J connectivity index is 0. The van der Waals surface area contributed by atoms with Crippen molar-refractivity contribution in [1.82, 2.24) is 0 Å². The van der Waals surface area contributed by atoms with Gasteiger partial charge in [-0.05, 0) is 6.92 Å². The molecular weight excluding hydrogens is 150 g/mol. The van der Waals surface area contributed by atoms with Gasteiger partial charge in [-0.1, -0.05) is 0 Å². The Morgan fingerprint density at radius 1 is 1.55 bits per heavy atom. The second-order valence-electron chi connectivity index (χ2n) is 1.53. The third kappa shape index (κ3) is 27.9. The normalized spacial score (nSPS) is 7.55. The van der Waals surface area contributed by atoms with Crippen molar-refractivity contribution in [2.75, 3.05) is 13.2 Å². The Labute approximate surface area is 65.1 Å². The van der Waals surface area contributed by atoms with E-state index in [1.807, 2.05) is 0 Å². The highest BCUT2D eigenvalue weighted by Gasteiger charge is 1.91. The van der Waals surface area contributed by atoms with Gasteiger partial charge in [-0.15, -0.1) is 0 Å². The minimum Gasteiger partial charge on any atom is -0.481 e. The zero-order valence-corrected chi connectivity index (χ0v) is 6.66. The number of nitrogens with two attached hydrogens (primary N) is 1.